The fourth-order valence-electron chi connectivity index (χ4n) is 5.16. The van der Waals surface area contributed by atoms with Gasteiger partial charge >= 0.3 is 5.97 Å². The molecule has 0 unspecified atom stereocenters. The molecule has 0 bridgehead atoms. The Bertz CT molecular complexity index is 2090. The van der Waals surface area contributed by atoms with Crippen LogP contribution in [-0.2, 0) is 9.53 Å². The van der Waals surface area contributed by atoms with Gasteiger partial charge in [0.1, 0.15) is 23.3 Å². The van der Waals surface area contributed by atoms with E-state index in [2.05, 4.69) is 4.99 Å². The predicted molar refractivity (Wildman–Crippen MR) is 165 cm³/mol. The summed E-state index contributed by atoms with van der Waals surface area (Å²) in [4.78, 5) is 32.6. The third kappa shape index (κ3) is 4.85. The summed E-state index contributed by atoms with van der Waals surface area (Å²) in [5.74, 6) is 1.06. The molecule has 5 aromatic rings. The van der Waals surface area contributed by atoms with Crippen LogP contribution < -0.4 is 19.6 Å². The minimum atomic E-state index is -0.827. The summed E-state index contributed by atoms with van der Waals surface area (Å²) in [6.07, 6.45) is 1.67. The Morgan fingerprint density at radius 3 is 2.67 bits per heavy atom. The number of hydrogen-bond donors (Lipinski definition) is 0. The van der Waals surface area contributed by atoms with Crippen molar-refractivity contribution in [3.63, 3.8) is 0 Å². The Hall–Kier alpha value is -4.11. The maximum Gasteiger partial charge on any atom is 0.338 e. The van der Waals surface area contributed by atoms with Gasteiger partial charge in [-0.25, -0.2) is 9.79 Å². The molecule has 212 valence electrons. The average molecular weight is 620 g/mol. The highest BCUT2D eigenvalue weighted by Gasteiger charge is 2.36. The van der Waals surface area contributed by atoms with Gasteiger partial charge in [0.2, 0.25) is 0 Å². The first kappa shape index (κ1) is 28.0. The van der Waals surface area contributed by atoms with Gasteiger partial charge in [-0.15, -0.1) is 0 Å². The zero-order chi connectivity index (χ0) is 29.5. The standard InChI is InChI=1S/C32H24Cl2N2O5S/c1-4-40-31(38)27-17(2)35-32-36(29(27)28-21-8-6-5-7-18(21)10-13-25(28)39-3)30(37)26(42-32)16-20-11-14-24(41-20)19-9-12-22(33)23(34)15-19/h5-16,29H,4H2,1-3H3/t29-/m1/s1. The topological polar surface area (TPSA) is 83.0 Å². The van der Waals surface area contributed by atoms with E-state index in [0.717, 1.165) is 16.3 Å². The second kappa shape index (κ2) is 11.3. The fraction of sp³-hybridized carbons (Fsp3) is 0.156. The highest BCUT2D eigenvalue weighted by atomic mass is 35.5. The number of hydrogen-bond acceptors (Lipinski definition) is 7. The van der Waals surface area contributed by atoms with Crippen molar-refractivity contribution in [3.05, 3.63) is 119 Å². The van der Waals surface area contributed by atoms with E-state index in [1.54, 1.807) is 55.9 Å². The van der Waals surface area contributed by atoms with Gasteiger partial charge in [-0.3, -0.25) is 9.36 Å². The maximum absolute atomic E-state index is 14.1. The highest BCUT2D eigenvalue weighted by Crippen LogP contribution is 2.40. The molecule has 0 saturated carbocycles. The van der Waals surface area contributed by atoms with Gasteiger partial charge in [0.15, 0.2) is 4.80 Å². The summed E-state index contributed by atoms with van der Waals surface area (Å²) in [5.41, 5.74) is 1.87. The van der Waals surface area contributed by atoms with E-state index in [4.69, 9.17) is 37.1 Å². The van der Waals surface area contributed by atoms with E-state index < -0.39 is 12.0 Å². The second-order valence-corrected chi connectivity index (χ2v) is 11.4. The Morgan fingerprint density at radius 2 is 1.90 bits per heavy atom. The molecule has 0 saturated heterocycles. The zero-order valence-corrected chi connectivity index (χ0v) is 25.1. The normalized spacial score (nSPS) is 15.1. The van der Waals surface area contributed by atoms with E-state index in [1.165, 1.54) is 11.3 Å². The Labute approximate surface area is 254 Å². The van der Waals surface area contributed by atoms with Gasteiger partial charge in [-0.2, -0.15) is 0 Å². The summed E-state index contributed by atoms with van der Waals surface area (Å²) >= 11 is 13.5. The first-order valence-corrected chi connectivity index (χ1v) is 14.7. The quantitative estimate of drug-likeness (QED) is 0.202. The van der Waals surface area contributed by atoms with Crippen molar-refractivity contribution in [1.29, 1.82) is 0 Å². The molecule has 6 rings (SSSR count). The third-order valence-electron chi connectivity index (χ3n) is 7.05. The summed E-state index contributed by atoms with van der Waals surface area (Å²) in [7, 11) is 1.57. The molecule has 3 heterocycles. The van der Waals surface area contributed by atoms with Crippen molar-refractivity contribution < 1.29 is 18.7 Å². The second-order valence-electron chi connectivity index (χ2n) is 9.54. The minimum Gasteiger partial charge on any atom is -0.496 e. The van der Waals surface area contributed by atoms with Crippen LogP contribution in [0.5, 0.6) is 5.75 Å². The third-order valence-corrected chi connectivity index (χ3v) is 8.77. The zero-order valence-electron chi connectivity index (χ0n) is 22.8. The van der Waals surface area contributed by atoms with E-state index in [0.29, 0.717) is 47.9 Å². The van der Waals surface area contributed by atoms with E-state index >= 15 is 0 Å². The number of thiazole rings is 1. The molecule has 1 aliphatic rings. The highest BCUT2D eigenvalue weighted by molar-refractivity contribution is 7.07. The van der Waals surface area contributed by atoms with Crippen molar-refractivity contribution in [2.24, 2.45) is 4.99 Å². The lowest BCUT2D eigenvalue weighted by molar-refractivity contribution is -0.139. The van der Waals surface area contributed by atoms with E-state index in [-0.39, 0.29) is 17.7 Å². The summed E-state index contributed by atoms with van der Waals surface area (Å²) in [6, 6.07) is 19.6. The Balaban J connectivity index is 1.56. The molecule has 1 atom stereocenters. The van der Waals surface area contributed by atoms with E-state index in [1.807, 2.05) is 42.5 Å². The molecule has 0 N–H and O–H groups in total. The van der Waals surface area contributed by atoms with Gasteiger partial charge in [-0.1, -0.05) is 64.9 Å². The van der Waals surface area contributed by atoms with Gasteiger partial charge in [-0.05, 0) is 61.0 Å². The van der Waals surface area contributed by atoms with Gasteiger partial charge in [0, 0.05) is 17.2 Å². The molecule has 0 amide bonds. The predicted octanol–water partition coefficient (Wildman–Crippen LogP) is 6.53. The van der Waals surface area contributed by atoms with Gasteiger partial charge < -0.3 is 13.9 Å². The number of nitrogens with zero attached hydrogens (tertiary/aromatic N) is 2. The number of esters is 1. The molecule has 7 nitrogen and oxygen atoms in total. The molecule has 0 fully saturated rings. The number of fused-ring (bicyclic) bond motifs is 2. The van der Waals surface area contributed by atoms with E-state index in [9.17, 15) is 9.59 Å². The molecule has 3 aromatic carbocycles. The average Bonchev–Trinajstić information content (AvgIpc) is 3.57. The monoisotopic (exact) mass is 618 g/mol. The number of allylic oxidation sites excluding steroid dienone is 1. The number of carbonyl (C=O) groups is 1. The van der Waals surface area contributed by atoms with Crippen molar-refractivity contribution in [2.45, 2.75) is 19.9 Å². The maximum atomic E-state index is 14.1. The van der Waals surface area contributed by atoms with Crippen LogP contribution in [0.4, 0.5) is 0 Å². The SMILES string of the molecule is CCOC(=O)C1=C(C)N=c2sc(=Cc3ccc(-c4ccc(Cl)c(Cl)c4)o3)c(=O)n2[C@H]1c1c(OC)ccc2ccccc12. The van der Waals surface area contributed by atoms with Crippen LogP contribution in [0.25, 0.3) is 28.2 Å². The molecule has 0 radical (unpaired) electrons. The lowest BCUT2D eigenvalue weighted by Gasteiger charge is -2.27. The molecule has 10 heteroatoms. The lowest BCUT2D eigenvalue weighted by Crippen LogP contribution is -2.40. The number of rotatable bonds is 6. The first-order valence-electron chi connectivity index (χ1n) is 13.1. The number of ether oxygens (including phenoxy) is 2. The number of carbonyl (C=O) groups excluding carboxylic acids is 1. The molecule has 0 spiro atoms. The molecular formula is C32H24Cl2N2O5S. The van der Waals surface area contributed by atoms with Crippen molar-refractivity contribution in [3.8, 4) is 17.1 Å². The van der Waals surface area contributed by atoms with Crippen molar-refractivity contribution in [2.75, 3.05) is 13.7 Å². The number of furan rings is 1. The number of methoxy groups -OCH3 is 1. The molecule has 0 aliphatic carbocycles. The van der Waals surface area contributed by atoms with Crippen LogP contribution in [0, 0.1) is 0 Å². The molecular weight excluding hydrogens is 595 g/mol. The number of halogens is 2. The van der Waals surface area contributed by atoms with Crippen LogP contribution in [0.15, 0.2) is 92.2 Å². The van der Waals surface area contributed by atoms with Crippen LogP contribution in [0.3, 0.4) is 0 Å². The molecule has 42 heavy (non-hydrogen) atoms. The van der Waals surface area contributed by atoms with Crippen LogP contribution >= 0.6 is 34.5 Å². The number of aromatic nitrogens is 1. The number of benzene rings is 3. The molecule has 2 aromatic heterocycles. The summed E-state index contributed by atoms with van der Waals surface area (Å²) in [6.45, 7) is 3.68. The van der Waals surface area contributed by atoms with Gasteiger partial charge in [0.25, 0.3) is 5.56 Å². The molecule has 1 aliphatic heterocycles. The van der Waals surface area contributed by atoms with Crippen LogP contribution in [0.2, 0.25) is 10.0 Å². The first-order chi connectivity index (χ1) is 20.3. The Kier molecular flexibility index (Phi) is 7.53. The van der Waals surface area contributed by atoms with Crippen LogP contribution in [0.1, 0.15) is 31.2 Å². The largest absolute Gasteiger partial charge is 0.496 e. The Morgan fingerprint density at radius 1 is 1.10 bits per heavy atom. The summed E-state index contributed by atoms with van der Waals surface area (Å²) < 4.78 is 19.2. The smallest absolute Gasteiger partial charge is 0.338 e. The van der Waals surface area contributed by atoms with Crippen molar-refractivity contribution >= 4 is 57.4 Å². The van der Waals surface area contributed by atoms with Gasteiger partial charge in [0.05, 0.1) is 39.6 Å². The lowest BCUT2D eigenvalue weighted by atomic mass is 9.90. The fourth-order valence-corrected chi connectivity index (χ4v) is 6.49. The van der Waals surface area contributed by atoms with Crippen LogP contribution in [-0.4, -0.2) is 24.3 Å². The van der Waals surface area contributed by atoms with Crippen molar-refractivity contribution in [1.82, 2.24) is 4.57 Å². The minimum absolute atomic E-state index is 0.180. The summed E-state index contributed by atoms with van der Waals surface area (Å²) in [5, 5.41) is 2.66.